The Balaban J connectivity index is 1.89. The summed E-state index contributed by atoms with van der Waals surface area (Å²) in [5.41, 5.74) is 0. The molecule has 3 atom stereocenters. The van der Waals surface area contributed by atoms with Crippen LogP contribution in [0.4, 0.5) is 0 Å². The van der Waals surface area contributed by atoms with Crippen LogP contribution in [0.1, 0.15) is 63.2 Å². The number of carboxylic acids is 1. The second-order valence-electron chi connectivity index (χ2n) is 6.16. The van der Waals surface area contributed by atoms with Gasteiger partial charge in [0.1, 0.15) is 12.2 Å². The lowest BCUT2D eigenvalue weighted by molar-refractivity contribution is -0.142. The van der Waals surface area contributed by atoms with Gasteiger partial charge in [-0.05, 0) is 31.6 Å². The van der Waals surface area contributed by atoms with E-state index in [1.54, 1.807) is 6.33 Å². The van der Waals surface area contributed by atoms with Gasteiger partial charge in [0.2, 0.25) is 0 Å². The van der Waals surface area contributed by atoms with Crippen LogP contribution in [0.3, 0.4) is 0 Å². The van der Waals surface area contributed by atoms with Gasteiger partial charge in [-0.15, -0.1) is 10.2 Å². The first-order valence-corrected chi connectivity index (χ1v) is 7.29. The van der Waals surface area contributed by atoms with Crippen molar-refractivity contribution in [3.63, 3.8) is 0 Å². The minimum atomic E-state index is -0.685. The van der Waals surface area contributed by atoms with Crippen LogP contribution < -0.4 is 0 Å². The predicted molar refractivity (Wildman–Crippen MR) is 69.8 cm³/mol. The summed E-state index contributed by atoms with van der Waals surface area (Å²) in [6.07, 6.45) is 8.33. The number of hydrogen-bond acceptors (Lipinski definition) is 3. The standard InChI is InChI=1S/C14H21N3O2/c1-9-6-11(12(7-9)14(18)19)13-16-15-8-17(13)10-4-2-3-5-10/h8-12H,2-7H2,1H3,(H,18,19). The fourth-order valence-electron chi connectivity index (χ4n) is 3.83. The zero-order chi connectivity index (χ0) is 13.4. The van der Waals surface area contributed by atoms with Gasteiger partial charge in [0, 0.05) is 12.0 Å². The average molecular weight is 263 g/mol. The molecule has 3 unspecified atom stereocenters. The van der Waals surface area contributed by atoms with Gasteiger partial charge in [0.25, 0.3) is 0 Å². The van der Waals surface area contributed by atoms with Crippen molar-refractivity contribution < 1.29 is 9.90 Å². The topological polar surface area (TPSA) is 68.0 Å². The molecular weight excluding hydrogens is 242 g/mol. The number of hydrogen-bond donors (Lipinski definition) is 1. The van der Waals surface area contributed by atoms with Gasteiger partial charge in [0.05, 0.1) is 5.92 Å². The molecule has 2 aliphatic rings. The molecule has 1 aromatic rings. The van der Waals surface area contributed by atoms with Crippen molar-refractivity contribution >= 4 is 5.97 Å². The van der Waals surface area contributed by atoms with Crippen LogP contribution in [0.5, 0.6) is 0 Å². The third-order valence-corrected chi connectivity index (χ3v) is 4.77. The summed E-state index contributed by atoms with van der Waals surface area (Å²) < 4.78 is 2.16. The third kappa shape index (κ3) is 2.26. The van der Waals surface area contributed by atoms with E-state index in [9.17, 15) is 9.90 Å². The molecule has 3 rings (SSSR count). The molecule has 0 amide bonds. The van der Waals surface area contributed by atoms with E-state index in [1.165, 1.54) is 25.7 Å². The predicted octanol–water partition coefficient (Wildman–Crippen LogP) is 2.61. The van der Waals surface area contributed by atoms with Crippen LogP contribution in [0.25, 0.3) is 0 Å². The number of rotatable bonds is 3. The molecule has 2 fully saturated rings. The normalized spacial score (nSPS) is 31.9. The Morgan fingerprint density at radius 3 is 2.79 bits per heavy atom. The molecule has 19 heavy (non-hydrogen) atoms. The van der Waals surface area contributed by atoms with E-state index in [-0.39, 0.29) is 11.8 Å². The molecule has 2 aliphatic carbocycles. The minimum Gasteiger partial charge on any atom is -0.481 e. The Morgan fingerprint density at radius 2 is 2.11 bits per heavy atom. The van der Waals surface area contributed by atoms with Gasteiger partial charge in [-0.2, -0.15) is 0 Å². The first-order valence-electron chi connectivity index (χ1n) is 7.29. The lowest BCUT2D eigenvalue weighted by Gasteiger charge is -2.19. The van der Waals surface area contributed by atoms with Crippen LogP contribution in [0.2, 0.25) is 0 Å². The van der Waals surface area contributed by atoms with Gasteiger partial charge in [-0.1, -0.05) is 19.8 Å². The maximum absolute atomic E-state index is 11.4. The quantitative estimate of drug-likeness (QED) is 0.910. The number of aliphatic carboxylic acids is 1. The Hall–Kier alpha value is -1.39. The number of aromatic nitrogens is 3. The molecule has 0 spiro atoms. The molecule has 0 bridgehead atoms. The Kier molecular flexibility index (Phi) is 3.29. The highest BCUT2D eigenvalue weighted by molar-refractivity contribution is 5.71. The highest BCUT2D eigenvalue weighted by atomic mass is 16.4. The number of carbonyl (C=O) groups is 1. The molecule has 5 nitrogen and oxygen atoms in total. The van der Waals surface area contributed by atoms with Gasteiger partial charge in [-0.3, -0.25) is 4.79 Å². The number of nitrogens with zero attached hydrogens (tertiary/aromatic N) is 3. The van der Waals surface area contributed by atoms with Crippen molar-refractivity contribution in [2.24, 2.45) is 11.8 Å². The summed E-state index contributed by atoms with van der Waals surface area (Å²) in [6, 6.07) is 0.482. The second-order valence-corrected chi connectivity index (χ2v) is 6.16. The monoisotopic (exact) mass is 263 g/mol. The van der Waals surface area contributed by atoms with Crippen molar-refractivity contribution in [2.45, 2.75) is 57.4 Å². The molecule has 2 saturated carbocycles. The zero-order valence-corrected chi connectivity index (χ0v) is 11.3. The van der Waals surface area contributed by atoms with E-state index in [2.05, 4.69) is 21.7 Å². The van der Waals surface area contributed by atoms with Crippen LogP contribution in [-0.2, 0) is 4.79 Å². The summed E-state index contributed by atoms with van der Waals surface area (Å²) in [4.78, 5) is 11.4. The van der Waals surface area contributed by atoms with Crippen molar-refractivity contribution in [3.05, 3.63) is 12.2 Å². The molecule has 5 heteroatoms. The molecule has 0 aliphatic heterocycles. The van der Waals surface area contributed by atoms with E-state index >= 15 is 0 Å². The largest absolute Gasteiger partial charge is 0.481 e. The van der Waals surface area contributed by atoms with Gasteiger partial charge < -0.3 is 9.67 Å². The van der Waals surface area contributed by atoms with Gasteiger partial charge in [0.15, 0.2) is 0 Å². The minimum absolute atomic E-state index is 0.0376. The molecule has 0 radical (unpaired) electrons. The van der Waals surface area contributed by atoms with E-state index in [0.717, 1.165) is 18.7 Å². The van der Waals surface area contributed by atoms with Crippen molar-refractivity contribution in [1.82, 2.24) is 14.8 Å². The molecule has 1 heterocycles. The summed E-state index contributed by atoms with van der Waals surface area (Å²) >= 11 is 0. The van der Waals surface area contributed by atoms with Crippen LogP contribution >= 0.6 is 0 Å². The average Bonchev–Trinajstić information content (AvgIpc) is 3.07. The first-order chi connectivity index (χ1) is 9.16. The lowest BCUT2D eigenvalue weighted by atomic mass is 9.95. The van der Waals surface area contributed by atoms with Crippen molar-refractivity contribution in [2.75, 3.05) is 0 Å². The Morgan fingerprint density at radius 1 is 1.37 bits per heavy atom. The lowest BCUT2D eigenvalue weighted by Crippen LogP contribution is -2.21. The molecule has 0 aromatic carbocycles. The summed E-state index contributed by atoms with van der Waals surface area (Å²) in [7, 11) is 0. The maximum Gasteiger partial charge on any atom is 0.307 e. The zero-order valence-electron chi connectivity index (χ0n) is 11.3. The number of carboxylic acid groups (broad SMARTS) is 1. The van der Waals surface area contributed by atoms with Crippen LogP contribution in [0, 0.1) is 11.8 Å². The molecule has 0 saturated heterocycles. The SMILES string of the molecule is CC1CC(C(=O)O)C(c2nncn2C2CCCC2)C1. The van der Waals surface area contributed by atoms with Crippen molar-refractivity contribution in [1.29, 1.82) is 0 Å². The first kappa shape index (κ1) is 12.6. The summed E-state index contributed by atoms with van der Waals surface area (Å²) in [5.74, 6) is 0.425. The second kappa shape index (κ2) is 4.94. The molecular formula is C14H21N3O2. The molecule has 104 valence electrons. The summed E-state index contributed by atoms with van der Waals surface area (Å²) in [6.45, 7) is 2.13. The fourth-order valence-corrected chi connectivity index (χ4v) is 3.83. The summed E-state index contributed by atoms with van der Waals surface area (Å²) in [5, 5.41) is 17.7. The highest BCUT2D eigenvalue weighted by Gasteiger charge is 2.41. The smallest absolute Gasteiger partial charge is 0.307 e. The van der Waals surface area contributed by atoms with Gasteiger partial charge >= 0.3 is 5.97 Å². The van der Waals surface area contributed by atoms with E-state index < -0.39 is 5.97 Å². The molecule has 1 N–H and O–H groups in total. The van der Waals surface area contributed by atoms with Crippen molar-refractivity contribution in [3.8, 4) is 0 Å². The highest BCUT2D eigenvalue weighted by Crippen LogP contribution is 2.43. The van der Waals surface area contributed by atoms with E-state index in [4.69, 9.17) is 0 Å². The Bertz CT molecular complexity index is 465. The van der Waals surface area contributed by atoms with E-state index in [0.29, 0.717) is 12.0 Å². The molecule has 1 aromatic heterocycles. The Labute approximate surface area is 113 Å². The van der Waals surface area contributed by atoms with Crippen LogP contribution in [0.15, 0.2) is 6.33 Å². The van der Waals surface area contributed by atoms with Gasteiger partial charge in [-0.25, -0.2) is 0 Å². The third-order valence-electron chi connectivity index (χ3n) is 4.77. The van der Waals surface area contributed by atoms with E-state index in [1.807, 2.05) is 0 Å². The maximum atomic E-state index is 11.4. The fraction of sp³-hybridized carbons (Fsp3) is 0.786. The van der Waals surface area contributed by atoms with Crippen LogP contribution in [-0.4, -0.2) is 25.8 Å².